The van der Waals surface area contributed by atoms with Crippen molar-refractivity contribution in [1.29, 1.82) is 0 Å². The molecule has 8 nitrogen and oxygen atoms in total. The molecule has 3 heterocycles. The van der Waals surface area contributed by atoms with Crippen LogP contribution in [0.15, 0.2) is 23.8 Å². The van der Waals surface area contributed by atoms with Gasteiger partial charge in [-0.05, 0) is 52.2 Å². The average Bonchev–Trinajstić information content (AvgIpc) is 3.34. The predicted octanol–water partition coefficient (Wildman–Crippen LogP) is 2.35. The first-order chi connectivity index (χ1) is 14.8. The van der Waals surface area contributed by atoms with Gasteiger partial charge in [-0.1, -0.05) is 12.2 Å². The third-order valence-electron chi connectivity index (χ3n) is 6.68. The molecule has 4 rings (SSSR count). The number of ether oxygens (including phenoxy) is 1. The normalized spacial score (nSPS) is 34.9. The molecule has 0 saturated carbocycles. The molecule has 176 valence electrons. The highest BCUT2D eigenvalue weighted by Crippen LogP contribution is 2.38. The minimum absolute atomic E-state index is 0.00782. The van der Waals surface area contributed by atoms with E-state index in [2.05, 4.69) is 0 Å². The molecule has 3 aliphatic heterocycles. The van der Waals surface area contributed by atoms with Crippen LogP contribution in [-0.2, 0) is 14.3 Å². The molecule has 3 saturated heterocycles. The maximum Gasteiger partial charge on any atom is 0.411 e. The van der Waals surface area contributed by atoms with Gasteiger partial charge < -0.3 is 14.7 Å². The van der Waals surface area contributed by atoms with E-state index in [9.17, 15) is 23.9 Å². The van der Waals surface area contributed by atoms with Crippen LogP contribution in [0.1, 0.15) is 47.0 Å². The van der Waals surface area contributed by atoms with Gasteiger partial charge in [0.2, 0.25) is 5.91 Å². The Labute approximate surface area is 187 Å². The Morgan fingerprint density at radius 3 is 2.56 bits per heavy atom. The monoisotopic (exact) mass is 449 g/mol. The van der Waals surface area contributed by atoms with E-state index in [-0.39, 0.29) is 37.0 Å². The van der Waals surface area contributed by atoms with Gasteiger partial charge in [0.25, 0.3) is 0 Å². The number of hydrogen-bond acceptors (Lipinski definition) is 5. The SMILES string of the molecule is CC1(F)C=C(CN2C(=O)[C@@H]3C[C@H]2CN3[C@H]2C[C@@H](C(=O)O)N(C(=O)OC(C)(C)C)C2)C=CC1. The summed E-state index contributed by atoms with van der Waals surface area (Å²) in [5, 5.41) is 9.66. The molecule has 9 heteroatoms. The number of piperazine rings is 1. The number of carboxylic acids is 1. The maximum absolute atomic E-state index is 14.3. The molecule has 2 amide bonds. The van der Waals surface area contributed by atoms with Crippen molar-refractivity contribution in [2.24, 2.45) is 0 Å². The predicted molar refractivity (Wildman–Crippen MR) is 115 cm³/mol. The molecule has 0 aromatic rings. The van der Waals surface area contributed by atoms with E-state index in [4.69, 9.17) is 4.74 Å². The summed E-state index contributed by atoms with van der Waals surface area (Å²) in [6.45, 7) is 7.98. The zero-order valence-corrected chi connectivity index (χ0v) is 19.1. The number of carbonyl (C=O) groups excluding carboxylic acids is 2. The van der Waals surface area contributed by atoms with Crippen molar-refractivity contribution < 1.29 is 28.6 Å². The van der Waals surface area contributed by atoms with E-state index in [1.165, 1.54) is 11.8 Å². The Kier molecular flexibility index (Phi) is 5.59. The molecule has 32 heavy (non-hydrogen) atoms. The van der Waals surface area contributed by atoms with Crippen molar-refractivity contribution in [3.63, 3.8) is 0 Å². The molecule has 0 aromatic heterocycles. The van der Waals surface area contributed by atoms with Crippen LogP contribution in [0.3, 0.4) is 0 Å². The highest BCUT2D eigenvalue weighted by Gasteiger charge is 2.54. The number of likely N-dealkylation sites (tertiary alicyclic amines) is 3. The van der Waals surface area contributed by atoms with Crippen LogP contribution in [0.4, 0.5) is 9.18 Å². The molecule has 5 atom stereocenters. The van der Waals surface area contributed by atoms with E-state index in [0.717, 1.165) is 5.57 Å². The summed E-state index contributed by atoms with van der Waals surface area (Å²) in [6.07, 6.45) is 5.90. The van der Waals surface area contributed by atoms with Gasteiger partial charge in [-0.2, -0.15) is 0 Å². The molecule has 1 N–H and O–H groups in total. The fourth-order valence-electron chi connectivity index (χ4n) is 5.33. The van der Waals surface area contributed by atoms with E-state index in [1.807, 2.05) is 15.9 Å². The third kappa shape index (κ3) is 4.40. The molecular weight excluding hydrogens is 417 g/mol. The second kappa shape index (κ2) is 7.86. The standard InChI is InChI=1S/C23H32FN3O5/c1-22(2,3)32-21(31)27-13-15(9-18(27)20(29)30)25-12-16-8-17(25)19(28)26(16)11-14-6-5-7-23(4,24)10-14/h5-6,10,15-18H,7-9,11-13H2,1-4H3,(H,29,30)/t15-,16-,17-,18-,23?/m0/s1. The van der Waals surface area contributed by atoms with Crippen LogP contribution in [0.5, 0.6) is 0 Å². The molecule has 2 bridgehead atoms. The van der Waals surface area contributed by atoms with Crippen molar-refractivity contribution in [2.75, 3.05) is 19.6 Å². The number of allylic oxidation sites excluding steroid dienone is 2. The van der Waals surface area contributed by atoms with Crippen LogP contribution >= 0.6 is 0 Å². The van der Waals surface area contributed by atoms with Crippen LogP contribution < -0.4 is 0 Å². The van der Waals surface area contributed by atoms with E-state index in [1.54, 1.807) is 32.9 Å². The second-order valence-electron chi connectivity index (χ2n) is 10.5. The van der Waals surface area contributed by atoms with Crippen molar-refractivity contribution >= 4 is 18.0 Å². The van der Waals surface area contributed by atoms with Crippen molar-refractivity contribution in [3.05, 3.63) is 23.8 Å². The summed E-state index contributed by atoms with van der Waals surface area (Å²) < 4.78 is 19.7. The average molecular weight is 450 g/mol. The van der Waals surface area contributed by atoms with E-state index < -0.39 is 29.4 Å². The zero-order valence-electron chi connectivity index (χ0n) is 19.1. The van der Waals surface area contributed by atoms with Gasteiger partial charge in [0.15, 0.2) is 0 Å². The topological polar surface area (TPSA) is 90.4 Å². The van der Waals surface area contributed by atoms with Crippen LogP contribution in [0, 0.1) is 0 Å². The summed E-state index contributed by atoms with van der Waals surface area (Å²) in [6, 6.07) is -1.51. The first kappa shape index (κ1) is 22.8. The van der Waals surface area contributed by atoms with Crippen LogP contribution in [0.2, 0.25) is 0 Å². The smallest absolute Gasteiger partial charge is 0.411 e. The fraction of sp³-hybridized carbons (Fsp3) is 0.696. The Hall–Kier alpha value is -2.42. The van der Waals surface area contributed by atoms with Gasteiger partial charge >= 0.3 is 12.1 Å². The molecule has 1 unspecified atom stereocenters. The number of aliphatic carboxylic acids is 1. The summed E-state index contributed by atoms with van der Waals surface area (Å²) in [4.78, 5) is 42.6. The van der Waals surface area contributed by atoms with Gasteiger partial charge in [0, 0.05) is 38.1 Å². The third-order valence-corrected chi connectivity index (χ3v) is 6.68. The molecule has 4 aliphatic rings. The van der Waals surface area contributed by atoms with Gasteiger partial charge in [0.05, 0.1) is 6.04 Å². The number of alkyl halides is 1. The number of rotatable bonds is 4. The summed E-state index contributed by atoms with van der Waals surface area (Å²) >= 11 is 0. The zero-order chi connectivity index (χ0) is 23.4. The lowest BCUT2D eigenvalue weighted by Crippen LogP contribution is -2.54. The first-order valence-corrected chi connectivity index (χ1v) is 11.2. The van der Waals surface area contributed by atoms with Gasteiger partial charge in [-0.25, -0.2) is 14.0 Å². The van der Waals surface area contributed by atoms with Crippen molar-refractivity contribution in [3.8, 4) is 0 Å². The van der Waals surface area contributed by atoms with Crippen LogP contribution in [0.25, 0.3) is 0 Å². The lowest BCUT2D eigenvalue weighted by Gasteiger charge is -2.37. The first-order valence-electron chi connectivity index (χ1n) is 11.2. The largest absolute Gasteiger partial charge is 0.480 e. The van der Waals surface area contributed by atoms with E-state index >= 15 is 0 Å². The quantitative estimate of drug-likeness (QED) is 0.709. The minimum atomic E-state index is -1.39. The maximum atomic E-state index is 14.3. The Balaban J connectivity index is 1.43. The number of carbonyl (C=O) groups is 3. The van der Waals surface area contributed by atoms with Gasteiger partial charge in [-0.15, -0.1) is 0 Å². The minimum Gasteiger partial charge on any atom is -0.480 e. The van der Waals surface area contributed by atoms with Gasteiger partial charge in [-0.3, -0.25) is 14.6 Å². The highest BCUT2D eigenvalue weighted by atomic mass is 19.1. The Morgan fingerprint density at radius 2 is 1.97 bits per heavy atom. The summed E-state index contributed by atoms with van der Waals surface area (Å²) in [7, 11) is 0. The summed E-state index contributed by atoms with van der Waals surface area (Å²) in [5.41, 5.74) is -1.31. The number of nitrogens with zero attached hydrogens (tertiary/aromatic N) is 3. The second-order valence-corrected chi connectivity index (χ2v) is 10.5. The van der Waals surface area contributed by atoms with E-state index in [0.29, 0.717) is 25.9 Å². The summed E-state index contributed by atoms with van der Waals surface area (Å²) in [5.74, 6) is -1.08. The molecule has 0 aromatic carbocycles. The lowest BCUT2D eigenvalue weighted by molar-refractivity contribution is -0.142. The van der Waals surface area contributed by atoms with Crippen molar-refractivity contribution in [1.82, 2.24) is 14.7 Å². The number of fused-ring (bicyclic) bond motifs is 2. The molecule has 3 fully saturated rings. The van der Waals surface area contributed by atoms with Gasteiger partial charge in [0.1, 0.15) is 17.3 Å². The molecule has 0 spiro atoms. The Morgan fingerprint density at radius 1 is 1.25 bits per heavy atom. The lowest BCUT2D eigenvalue weighted by atomic mass is 9.95. The number of halogens is 1. The highest BCUT2D eigenvalue weighted by molar-refractivity contribution is 5.86. The number of hydrogen-bond donors (Lipinski definition) is 1. The van der Waals surface area contributed by atoms with Crippen LogP contribution in [-0.4, -0.2) is 92.8 Å². The number of amides is 2. The Bertz CT molecular complexity index is 877. The fourth-order valence-corrected chi connectivity index (χ4v) is 5.33. The number of carboxylic acid groups (broad SMARTS) is 1. The molecule has 1 aliphatic carbocycles. The molecular formula is C23H32FN3O5. The van der Waals surface area contributed by atoms with Crippen molar-refractivity contribution in [2.45, 2.75) is 82.4 Å². The molecule has 0 radical (unpaired) electrons.